The normalized spacial score (nSPS) is 10.6. The first-order valence-corrected chi connectivity index (χ1v) is 8.11. The summed E-state index contributed by atoms with van der Waals surface area (Å²) in [5, 5.41) is 11.6. The molecule has 1 heterocycles. The maximum absolute atomic E-state index is 11.3. The molecule has 6 nitrogen and oxygen atoms in total. The molecule has 128 valence electrons. The SMILES string of the molecule is CN(Cc1nccn1Cc1ccccc1)c1ccc(Cl)cc1[N+](=O)[O-]. The van der Waals surface area contributed by atoms with E-state index in [1.54, 1.807) is 30.3 Å². The molecule has 0 bridgehead atoms. The van der Waals surface area contributed by atoms with Gasteiger partial charge in [-0.2, -0.15) is 0 Å². The molecule has 0 spiro atoms. The fraction of sp³-hybridized carbons (Fsp3) is 0.167. The van der Waals surface area contributed by atoms with E-state index in [0.29, 0.717) is 23.8 Å². The minimum atomic E-state index is -0.422. The van der Waals surface area contributed by atoms with Crippen molar-refractivity contribution in [2.45, 2.75) is 13.1 Å². The molecule has 0 aliphatic rings. The largest absolute Gasteiger partial charge is 0.362 e. The molecule has 1 aromatic heterocycles. The van der Waals surface area contributed by atoms with Crippen LogP contribution < -0.4 is 4.90 Å². The van der Waals surface area contributed by atoms with Crippen LogP contribution in [0.25, 0.3) is 0 Å². The zero-order valence-electron chi connectivity index (χ0n) is 13.7. The van der Waals surface area contributed by atoms with E-state index >= 15 is 0 Å². The molecule has 0 radical (unpaired) electrons. The Balaban J connectivity index is 1.82. The average Bonchev–Trinajstić information content (AvgIpc) is 3.02. The maximum atomic E-state index is 11.3. The van der Waals surface area contributed by atoms with Crippen molar-refractivity contribution in [3.63, 3.8) is 0 Å². The van der Waals surface area contributed by atoms with Crippen LogP contribution in [0.2, 0.25) is 5.02 Å². The predicted molar refractivity (Wildman–Crippen MR) is 98.0 cm³/mol. The maximum Gasteiger partial charge on any atom is 0.294 e. The van der Waals surface area contributed by atoms with Gasteiger partial charge in [0.25, 0.3) is 5.69 Å². The Hall–Kier alpha value is -2.86. The molecular formula is C18H17ClN4O2. The molecule has 0 aliphatic heterocycles. The predicted octanol–water partition coefficient (Wildman–Crippen LogP) is 4.13. The summed E-state index contributed by atoms with van der Waals surface area (Å²) in [7, 11) is 1.80. The third-order valence-electron chi connectivity index (χ3n) is 3.92. The summed E-state index contributed by atoms with van der Waals surface area (Å²) in [6.07, 6.45) is 3.65. The number of nitro benzene ring substituents is 1. The van der Waals surface area contributed by atoms with Crippen LogP contribution >= 0.6 is 11.6 Å². The Morgan fingerprint density at radius 3 is 2.72 bits per heavy atom. The van der Waals surface area contributed by atoms with E-state index in [-0.39, 0.29) is 5.69 Å². The van der Waals surface area contributed by atoms with Gasteiger partial charge in [0.05, 0.1) is 11.5 Å². The minimum Gasteiger partial charge on any atom is -0.362 e. The molecular weight excluding hydrogens is 340 g/mol. The molecule has 0 saturated carbocycles. The number of benzene rings is 2. The van der Waals surface area contributed by atoms with Gasteiger partial charge in [0, 0.05) is 37.1 Å². The van der Waals surface area contributed by atoms with Crippen LogP contribution in [0.5, 0.6) is 0 Å². The van der Waals surface area contributed by atoms with Crippen LogP contribution in [0.1, 0.15) is 11.4 Å². The zero-order chi connectivity index (χ0) is 17.8. The van der Waals surface area contributed by atoms with Crippen molar-refractivity contribution in [3.05, 3.63) is 87.4 Å². The van der Waals surface area contributed by atoms with Crippen LogP contribution in [0.4, 0.5) is 11.4 Å². The average molecular weight is 357 g/mol. The number of anilines is 1. The van der Waals surface area contributed by atoms with Gasteiger partial charge in [0.2, 0.25) is 0 Å². The van der Waals surface area contributed by atoms with Crippen LogP contribution in [-0.4, -0.2) is 21.5 Å². The van der Waals surface area contributed by atoms with Gasteiger partial charge < -0.3 is 9.47 Å². The van der Waals surface area contributed by atoms with Gasteiger partial charge in [-0.1, -0.05) is 41.9 Å². The summed E-state index contributed by atoms with van der Waals surface area (Å²) in [5.74, 6) is 0.829. The fourth-order valence-corrected chi connectivity index (χ4v) is 2.85. The monoisotopic (exact) mass is 356 g/mol. The lowest BCUT2D eigenvalue weighted by atomic mass is 10.2. The highest BCUT2D eigenvalue weighted by Gasteiger charge is 2.19. The number of aromatic nitrogens is 2. The summed E-state index contributed by atoms with van der Waals surface area (Å²) in [6.45, 7) is 1.15. The molecule has 0 saturated heterocycles. The lowest BCUT2D eigenvalue weighted by molar-refractivity contribution is -0.384. The zero-order valence-corrected chi connectivity index (χ0v) is 14.4. The highest BCUT2D eigenvalue weighted by atomic mass is 35.5. The molecule has 0 amide bonds. The first-order valence-electron chi connectivity index (χ1n) is 7.73. The molecule has 3 rings (SSSR count). The molecule has 3 aromatic rings. The first-order chi connectivity index (χ1) is 12.0. The van der Waals surface area contributed by atoms with Crippen molar-refractivity contribution in [3.8, 4) is 0 Å². The number of nitro groups is 1. The second-order valence-corrected chi connectivity index (χ2v) is 6.14. The molecule has 0 N–H and O–H groups in total. The van der Waals surface area contributed by atoms with Crippen molar-refractivity contribution >= 4 is 23.0 Å². The Kier molecular flexibility index (Phi) is 5.00. The molecule has 0 aliphatic carbocycles. The Labute approximate surface area is 150 Å². The van der Waals surface area contributed by atoms with E-state index in [4.69, 9.17) is 11.6 Å². The van der Waals surface area contributed by atoms with Crippen molar-refractivity contribution in [2.24, 2.45) is 0 Å². The van der Waals surface area contributed by atoms with Gasteiger partial charge in [0.1, 0.15) is 11.5 Å². The summed E-state index contributed by atoms with van der Waals surface area (Å²) < 4.78 is 2.04. The molecule has 0 fully saturated rings. The van der Waals surface area contributed by atoms with E-state index in [1.807, 2.05) is 29.0 Å². The van der Waals surface area contributed by atoms with Crippen LogP contribution in [0.15, 0.2) is 60.9 Å². The number of imidazole rings is 1. The van der Waals surface area contributed by atoms with Crippen molar-refractivity contribution in [1.29, 1.82) is 0 Å². The number of nitrogens with zero attached hydrogens (tertiary/aromatic N) is 4. The molecule has 0 unspecified atom stereocenters. The fourth-order valence-electron chi connectivity index (χ4n) is 2.68. The number of halogens is 1. The van der Waals surface area contributed by atoms with Gasteiger partial charge in [-0.3, -0.25) is 10.1 Å². The van der Waals surface area contributed by atoms with E-state index in [9.17, 15) is 10.1 Å². The quantitative estimate of drug-likeness (QED) is 0.492. The van der Waals surface area contributed by atoms with E-state index < -0.39 is 4.92 Å². The van der Waals surface area contributed by atoms with Gasteiger partial charge in [0.15, 0.2) is 0 Å². The summed E-state index contributed by atoms with van der Waals surface area (Å²) in [5.41, 5.74) is 1.65. The van der Waals surface area contributed by atoms with Crippen LogP contribution in [0.3, 0.4) is 0 Å². The Morgan fingerprint density at radius 2 is 2.00 bits per heavy atom. The van der Waals surface area contributed by atoms with Crippen LogP contribution in [0, 0.1) is 10.1 Å². The second-order valence-electron chi connectivity index (χ2n) is 5.70. The highest BCUT2D eigenvalue weighted by Crippen LogP contribution is 2.31. The number of rotatable bonds is 6. The van der Waals surface area contributed by atoms with Gasteiger partial charge in [-0.25, -0.2) is 4.98 Å². The van der Waals surface area contributed by atoms with E-state index in [0.717, 1.165) is 5.82 Å². The molecule has 7 heteroatoms. The van der Waals surface area contributed by atoms with E-state index in [2.05, 4.69) is 17.1 Å². The standard InChI is InChI=1S/C18H17ClN4O2/c1-21(16-8-7-15(19)11-17(16)23(24)25)13-18-20-9-10-22(18)12-14-5-3-2-4-6-14/h2-11H,12-13H2,1H3. The van der Waals surface area contributed by atoms with E-state index in [1.165, 1.54) is 11.6 Å². The molecule has 25 heavy (non-hydrogen) atoms. The van der Waals surface area contributed by atoms with Gasteiger partial charge in [-0.15, -0.1) is 0 Å². The number of hydrogen-bond acceptors (Lipinski definition) is 4. The smallest absolute Gasteiger partial charge is 0.294 e. The minimum absolute atomic E-state index is 0.0174. The Bertz CT molecular complexity index is 880. The first kappa shape index (κ1) is 17.0. The molecule has 2 aromatic carbocycles. The Morgan fingerprint density at radius 1 is 1.24 bits per heavy atom. The van der Waals surface area contributed by atoms with Crippen molar-refractivity contribution < 1.29 is 4.92 Å². The third-order valence-corrected chi connectivity index (χ3v) is 4.16. The summed E-state index contributed by atoms with van der Waals surface area (Å²) in [4.78, 5) is 17.1. The third kappa shape index (κ3) is 3.97. The summed E-state index contributed by atoms with van der Waals surface area (Å²) in [6, 6.07) is 14.7. The molecule has 0 atom stereocenters. The summed E-state index contributed by atoms with van der Waals surface area (Å²) >= 11 is 5.88. The topological polar surface area (TPSA) is 64.2 Å². The van der Waals surface area contributed by atoms with Crippen molar-refractivity contribution in [1.82, 2.24) is 9.55 Å². The van der Waals surface area contributed by atoms with Gasteiger partial charge >= 0.3 is 0 Å². The second kappa shape index (κ2) is 7.36. The highest BCUT2D eigenvalue weighted by molar-refractivity contribution is 6.30. The lowest BCUT2D eigenvalue weighted by Crippen LogP contribution is -2.20. The van der Waals surface area contributed by atoms with Gasteiger partial charge in [-0.05, 0) is 17.7 Å². The van der Waals surface area contributed by atoms with Crippen molar-refractivity contribution in [2.75, 3.05) is 11.9 Å². The lowest BCUT2D eigenvalue weighted by Gasteiger charge is -2.19. The number of hydrogen-bond donors (Lipinski definition) is 0. The van der Waals surface area contributed by atoms with Crippen LogP contribution in [-0.2, 0) is 13.1 Å².